The number of aryl methyl sites for hydroxylation is 3. The summed E-state index contributed by atoms with van der Waals surface area (Å²) in [6, 6.07) is 27.5. The van der Waals surface area contributed by atoms with E-state index in [9.17, 15) is 18.0 Å². The molecule has 242 valence electrons. The number of halogens is 1. The van der Waals surface area contributed by atoms with Gasteiger partial charge >= 0.3 is 0 Å². The summed E-state index contributed by atoms with van der Waals surface area (Å²) in [5, 5.41) is 3.42. The fourth-order valence-electron chi connectivity index (χ4n) is 5.09. The van der Waals surface area contributed by atoms with Gasteiger partial charge in [0.25, 0.3) is 10.0 Å². The van der Waals surface area contributed by atoms with E-state index in [0.29, 0.717) is 17.3 Å². The number of anilines is 1. The average molecular weight is 660 g/mol. The van der Waals surface area contributed by atoms with E-state index < -0.39 is 28.5 Å². The van der Waals surface area contributed by atoms with Crippen LogP contribution in [0.15, 0.2) is 102 Å². The highest BCUT2D eigenvalue weighted by Gasteiger charge is 2.35. The molecule has 0 fully saturated rings. The van der Waals surface area contributed by atoms with Crippen molar-refractivity contribution in [3.63, 3.8) is 0 Å². The summed E-state index contributed by atoms with van der Waals surface area (Å²) in [6.07, 6.45) is 0.260. The lowest BCUT2D eigenvalue weighted by atomic mass is 10.0. The topological polar surface area (TPSA) is 86.8 Å². The first-order chi connectivity index (χ1) is 21.9. The van der Waals surface area contributed by atoms with Gasteiger partial charge in [-0.3, -0.25) is 13.9 Å². The summed E-state index contributed by atoms with van der Waals surface area (Å²) in [4.78, 5) is 30.1. The van der Waals surface area contributed by atoms with Crippen LogP contribution in [-0.2, 0) is 32.6 Å². The fraction of sp³-hybridized carbons (Fsp3) is 0.297. The van der Waals surface area contributed by atoms with Crippen LogP contribution in [0.4, 0.5) is 5.69 Å². The number of carbonyl (C=O) groups is 2. The summed E-state index contributed by atoms with van der Waals surface area (Å²) >= 11 is 6.08. The molecule has 0 spiro atoms. The van der Waals surface area contributed by atoms with Gasteiger partial charge < -0.3 is 10.2 Å². The lowest BCUT2D eigenvalue weighted by Crippen LogP contribution is -2.53. The van der Waals surface area contributed by atoms with Gasteiger partial charge in [-0.05, 0) is 90.9 Å². The normalized spacial score (nSPS) is 12.1. The lowest BCUT2D eigenvalue weighted by molar-refractivity contribution is -0.140. The van der Waals surface area contributed by atoms with E-state index in [1.807, 2.05) is 95.3 Å². The van der Waals surface area contributed by atoms with Crippen LogP contribution in [0, 0.1) is 26.7 Å². The van der Waals surface area contributed by atoms with Gasteiger partial charge in [-0.25, -0.2) is 8.42 Å². The molecule has 2 amide bonds. The fourth-order valence-corrected chi connectivity index (χ4v) is 6.62. The number of nitrogens with zero attached hydrogens (tertiary/aromatic N) is 2. The molecule has 4 aromatic rings. The molecule has 0 saturated heterocycles. The highest BCUT2D eigenvalue weighted by atomic mass is 35.5. The molecule has 0 aliphatic heterocycles. The Morgan fingerprint density at radius 3 is 2.09 bits per heavy atom. The maximum atomic E-state index is 14.6. The van der Waals surface area contributed by atoms with E-state index in [0.717, 1.165) is 32.1 Å². The summed E-state index contributed by atoms with van der Waals surface area (Å²) in [5.74, 6) is -0.593. The van der Waals surface area contributed by atoms with Gasteiger partial charge in [0, 0.05) is 24.5 Å². The molecular weight excluding hydrogens is 618 g/mol. The lowest BCUT2D eigenvalue weighted by Gasteiger charge is -2.34. The molecule has 0 aliphatic carbocycles. The van der Waals surface area contributed by atoms with Crippen molar-refractivity contribution in [2.45, 2.75) is 58.5 Å². The number of carbonyl (C=O) groups excluding carboxylic acids is 2. The largest absolute Gasteiger partial charge is 0.354 e. The summed E-state index contributed by atoms with van der Waals surface area (Å²) in [7, 11) is -4.21. The zero-order chi connectivity index (χ0) is 33.4. The van der Waals surface area contributed by atoms with Gasteiger partial charge in [0.2, 0.25) is 11.8 Å². The predicted octanol–water partition coefficient (Wildman–Crippen LogP) is 6.87. The first-order valence-electron chi connectivity index (χ1n) is 15.4. The zero-order valence-corrected chi connectivity index (χ0v) is 28.6. The molecule has 9 heteroatoms. The molecule has 0 heterocycles. The molecule has 0 radical (unpaired) electrons. The van der Waals surface area contributed by atoms with Crippen LogP contribution in [0.3, 0.4) is 0 Å². The Bertz CT molecular complexity index is 1760. The maximum Gasteiger partial charge on any atom is 0.264 e. The summed E-state index contributed by atoms with van der Waals surface area (Å²) < 4.78 is 29.6. The van der Waals surface area contributed by atoms with Crippen LogP contribution in [0.1, 0.15) is 41.7 Å². The molecular formula is C37H42ClN3O4S. The molecule has 7 nitrogen and oxygen atoms in total. The van der Waals surface area contributed by atoms with Crippen LogP contribution in [-0.4, -0.2) is 44.3 Å². The van der Waals surface area contributed by atoms with Crippen molar-refractivity contribution < 1.29 is 18.0 Å². The van der Waals surface area contributed by atoms with E-state index in [1.54, 1.807) is 12.1 Å². The third-order valence-corrected chi connectivity index (χ3v) is 10.1. The van der Waals surface area contributed by atoms with E-state index >= 15 is 0 Å². The third kappa shape index (κ3) is 8.77. The second kappa shape index (κ2) is 15.4. The SMILES string of the molecule is Cc1ccc(N(CC(=O)N(Cc2ccccc2C)[C@H](Cc2ccccc2)C(=O)NCC(C)C)S(=O)(=O)c2ccc(Cl)cc2)cc1C. The van der Waals surface area contributed by atoms with E-state index in [1.165, 1.54) is 29.2 Å². The van der Waals surface area contributed by atoms with Crippen molar-refractivity contribution in [3.8, 4) is 0 Å². The smallest absolute Gasteiger partial charge is 0.264 e. The van der Waals surface area contributed by atoms with Crippen molar-refractivity contribution in [1.29, 1.82) is 0 Å². The Morgan fingerprint density at radius 2 is 1.46 bits per heavy atom. The van der Waals surface area contributed by atoms with Crippen molar-refractivity contribution in [1.82, 2.24) is 10.2 Å². The van der Waals surface area contributed by atoms with Crippen LogP contribution >= 0.6 is 11.6 Å². The van der Waals surface area contributed by atoms with Gasteiger partial charge in [-0.2, -0.15) is 0 Å². The molecule has 4 rings (SSSR count). The van der Waals surface area contributed by atoms with Crippen LogP contribution in [0.5, 0.6) is 0 Å². The number of hydrogen-bond donors (Lipinski definition) is 1. The summed E-state index contributed by atoms with van der Waals surface area (Å²) in [5.41, 5.74) is 4.93. The Kier molecular flexibility index (Phi) is 11.7. The highest BCUT2D eigenvalue weighted by molar-refractivity contribution is 7.92. The Morgan fingerprint density at radius 1 is 0.804 bits per heavy atom. The molecule has 1 atom stereocenters. The molecule has 46 heavy (non-hydrogen) atoms. The minimum atomic E-state index is -4.21. The highest BCUT2D eigenvalue weighted by Crippen LogP contribution is 2.28. The standard InChI is InChI=1S/C37H42ClN3O4S/c1-26(2)23-39-37(43)35(22-30-12-7-6-8-13-30)40(24-31-14-10-9-11-28(31)4)36(42)25-41(33-18-15-27(3)29(5)21-33)46(44,45)34-19-16-32(38)17-20-34/h6-21,26,35H,22-25H2,1-5H3,(H,39,43)/t35-/m1/s1. The van der Waals surface area contributed by atoms with Gasteiger partial charge in [0.1, 0.15) is 12.6 Å². The number of benzene rings is 4. The molecule has 0 aliphatic rings. The van der Waals surface area contributed by atoms with Gasteiger partial charge in [-0.1, -0.05) is 86.1 Å². The quantitative estimate of drug-likeness (QED) is 0.170. The van der Waals surface area contributed by atoms with Crippen molar-refractivity contribution >= 4 is 39.1 Å². The zero-order valence-electron chi connectivity index (χ0n) is 27.0. The monoisotopic (exact) mass is 659 g/mol. The molecule has 0 aromatic heterocycles. The van der Waals surface area contributed by atoms with E-state index in [4.69, 9.17) is 11.6 Å². The average Bonchev–Trinajstić information content (AvgIpc) is 3.03. The van der Waals surface area contributed by atoms with Gasteiger partial charge in [-0.15, -0.1) is 0 Å². The van der Waals surface area contributed by atoms with E-state index in [2.05, 4.69) is 5.32 Å². The van der Waals surface area contributed by atoms with Crippen molar-refractivity contribution in [2.75, 3.05) is 17.4 Å². The first kappa shape index (κ1) is 34.7. The minimum absolute atomic E-state index is 0.00361. The molecule has 0 bridgehead atoms. The third-order valence-electron chi connectivity index (χ3n) is 8.02. The van der Waals surface area contributed by atoms with Gasteiger partial charge in [0.05, 0.1) is 10.6 Å². The number of rotatable bonds is 13. The van der Waals surface area contributed by atoms with E-state index in [-0.39, 0.29) is 29.7 Å². The molecule has 4 aromatic carbocycles. The Balaban J connectivity index is 1.82. The van der Waals surface area contributed by atoms with Gasteiger partial charge in [0.15, 0.2) is 0 Å². The molecule has 1 N–H and O–H groups in total. The Hall–Kier alpha value is -4.14. The number of hydrogen-bond acceptors (Lipinski definition) is 4. The second-order valence-electron chi connectivity index (χ2n) is 12.0. The van der Waals surface area contributed by atoms with Crippen LogP contribution in [0.2, 0.25) is 5.02 Å². The second-order valence-corrected chi connectivity index (χ2v) is 14.3. The number of amides is 2. The van der Waals surface area contributed by atoms with Crippen molar-refractivity contribution in [3.05, 3.63) is 130 Å². The predicted molar refractivity (Wildman–Crippen MR) is 185 cm³/mol. The summed E-state index contributed by atoms with van der Waals surface area (Å²) in [6.45, 7) is 9.86. The maximum absolute atomic E-state index is 14.6. The van der Waals surface area contributed by atoms with Crippen LogP contribution in [0.25, 0.3) is 0 Å². The van der Waals surface area contributed by atoms with Crippen molar-refractivity contribution in [2.24, 2.45) is 5.92 Å². The number of sulfonamides is 1. The minimum Gasteiger partial charge on any atom is -0.354 e. The number of nitrogens with one attached hydrogen (secondary N) is 1. The molecule has 0 saturated carbocycles. The molecule has 0 unspecified atom stereocenters. The first-order valence-corrected chi connectivity index (χ1v) is 17.2. The van der Waals surface area contributed by atoms with Crippen LogP contribution < -0.4 is 9.62 Å². The Labute approximate surface area is 278 Å².